The Morgan fingerprint density at radius 1 is 1.11 bits per heavy atom. The molecule has 0 aliphatic heterocycles. The summed E-state index contributed by atoms with van der Waals surface area (Å²) >= 11 is 1.27. The number of rotatable bonds is 7. The largest absolute Gasteiger partial charge is 0.353 e. The molecule has 28 heavy (non-hydrogen) atoms. The van der Waals surface area contributed by atoms with E-state index in [4.69, 9.17) is 0 Å². The molecule has 0 saturated heterocycles. The lowest BCUT2D eigenvalue weighted by atomic mass is 10.2. The summed E-state index contributed by atoms with van der Waals surface area (Å²) in [6, 6.07) is 8.86. The van der Waals surface area contributed by atoms with Gasteiger partial charge in [0.1, 0.15) is 6.54 Å². The molecule has 0 radical (unpaired) electrons. The fourth-order valence-electron chi connectivity index (χ4n) is 2.49. The maximum Gasteiger partial charge on any atom is 0.270 e. The van der Waals surface area contributed by atoms with Crippen molar-refractivity contribution < 1.29 is 14.4 Å². The monoisotopic (exact) mass is 403 g/mol. The highest BCUT2D eigenvalue weighted by atomic mass is 32.2. The smallest absolute Gasteiger partial charge is 0.270 e. The fourth-order valence-corrected chi connectivity index (χ4v) is 3.35. The number of carbonyl (C=O) groups excluding carboxylic acids is 3. The molecule has 1 aromatic heterocycles. The predicted octanol–water partition coefficient (Wildman–Crippen LogP) is 1.58. The van der Waals surface area contributed by atoms with E-state index in [9.17, 15) is 14.4 Å². The molecule has 0 saturated carbocycles. The Kier molecular flexibility index (Phi) is 7.62. The van der Waals surface area contributed by atoms with Gasteiger partial charge in [-0.15, -0.1) is 11.8 Å². The quantitative estimate of drug-likeness (QED) is 0.481. The van der Waals surface area contributed by atoms with Gasteiger partial charge in [0, 0.05) is 16.6 Å². The SMILES string of the molecule is Cc1cc(C)n(CC(=O)NNC(=O)c2ccccc2SCC(=O)NC(C)C)n1. The van der Waals surface area contributed by atoms with E-state index in [1.165, 1.54) is 11.8 Å². The molecule has 9 heteroatoms. The van der Waals surface area contributed by atoms with Gasteiger partial charge in [-0.1, -0.05) is 12.1 Å². The number of nitrogens with zero attached hydrogens (tertiary/aromatic N) is 2. The van der Waals surface area contributed by atoms with E-state index in [0.29, 0.717) is 10.5 Å². The normalized spacial score (nSPS) is 10.6. The highest BCUT2D eigenvalue weighted by Gasteiger charge is 2.14. The molecule has 0 atom stereocenters. The number of hydrogen-bond acceptors (Lipinski definition) is 5. The Morgan fingerprint density at radius 3 is 2.46 bits per heavy atom. The van der Waals surface area contributed by atoms with Gasteiger partial charge in [-0.25, -0.2) is 0 Å². The predicted molar refractivity (Wildman–Crippen MR) is 108 cm³/mol. The van der Waals surface area contributed by atoms with Crippen molar-refractivity contribution in [2.45, 2.75) is 45.2 Å². The van der Waals surface area contributed by atoms with E-state index < -0.39 is 5.91 Å². The third-order valence-electron chi connectivity index (χ3n) is 3.65. The van der Waals surface area contributed by atoms with Gasteiger partial charge in [0.15, 0.2) is 0 Å². The second kappa shape index (κ2) is 9.93. The maximum absolute atomic E-state index is 12.5. The minimum Gasteiger partial charge on any atom is -0.353 e. The maximum atomic E-state index is 12.5. The Morgan fingerprint density at radius 2 is 1.82 bits per heavy atom. The summed E-state index contributed by atoms with van der Waals surface area (Å²) in [7, 11) is 0. The highest BCUT2D eigenvalue weighted by Crippen LogP contribution is 2.22. The first-order chi connectivity index (χ1) is 13.3. The summed E-state index contributed by atoms with van der Waals surface area (Å²) in [4.78, 5) is 37.0. The van der Waals surface area contributed by atoms with Gasteiger partial charge < -0.3 is 5.32 Å². The average molecular weight is 404 g/mol. The van der Waals surface area contributed by atoms with Crippen LogP contribution in [-0.2, 0) is 16.1 Å². The van der Waals surface area contributed by atoms with Crippen LogP contribution in [-0.4, -0.2) is 39.3 Å². The lowest BCUT2D eigenvalue weighted by Crippen LogP contribution is -2.43. The number of aromatic nitrogens is 2. The molecule has 2 aromatic rings. The van der Waals surface area contributed by atoms with Crippen LogP contribution >= 0.6 is 11.8 Å². The molecule has 3 N–H and O–H groups in total. The second-order valence-corrected chi connectivity index (χ2v) is 7.61. The van der Waals surface area contributed by atoms with Crippen LogP contribution in [0.3, 0.4) is 0 Å². The molecule has 0 bridgehead atoms. The van der Waals surface area contributed by atoms with E-state index in [-0.39, 0.29) is 30.2 Å². The van der Waals surface area contributed by atoms with Crippen molar-refractivity contribution in [3.8, 4) is 0 Å². The Hall–Kier alpha value is -2.81. The van der Waals surface area contributed by atoms with Gasteiger partial charge in [-0.05, 0) is 45.9 Å². The minimum atomic E-state index is -0.450. The van der Waals surface area contributed by atoms with Crippen molar-refractivity contribution in [1.29, 1.82) is 0 Å². The summed E-state index contributed by atoms with van der Waals surface area (Å²) in [5.41, 5.74) is 6.88. The molecule has 0 fully saturated rings. The van der Waals surface area contributed by atoms with E-state index in [2.05, 4.69) is 21.3 Å². The van der Waals surface area contributed by atoms with Gasteiger partial charge >= 0.3 is 0 Å². The Labute approximate surface area is 168 Å². The van der Waals surface area contributed by atoms with Gasteiger partial charge in [0.25, 0.3) is 11.8 Å². The number of amides is 3. The third kappa shape index (κ3) is 6.41. The Balaban J connectivity index is 1.92. The number of thioether (sulfide) groups is 1. The summed E-state index contributed by atoms with van der Waals surface area (Å²) in [5, 5.41) is 7.02. The van der Waals surface area contributed by atoms with Gasteiger partial charge in [0.2, 0.25) is 5.91 Å². The van der Waals surface area contributed by atoms with Gasteiger partial charge in [0.05, 0.1) is 17.0 Å². The summed E-state index contributed by atoms with van der Waals surface area (Å²) < 4.78 is 1.56. The summed E-state index contributed by atoms with van der Waals surface area (Å²) in [6.07, 6.45) is 0. The van der Waals surface area contributed by atoms with Crippen LogP contribution in [0.4, 0.5) is 0 Å². The third-order valence-corrected chi connectivity index (χ3v) is 4.73. The molecule has 1 aromatic carbocycles. The lowest BCUT2D eigenvalue weighted by Gasteiger charge is -2.12. The Bertz CT molecular complexity index is 863. The van der Waals surface area contributed by atoms with Gasteiger partial charge in [-0.2, -0.15) is 5.10 Å². The minimum absolute atomic E-state index is 0.00568. The van der Waals surface area contributed by atoms with Crippen molar-refractivity contribution in [2.75, 3.05) is 5.75 Å². The lowest BCUT2D eigenvalue weighted by molar-refractivity contribution is -0.122. The first-order valence-electron chi connectivity index (χ1n) is 8.87. The van der Waals surface area contributed by atoms with E-state index >= 15 is 0 Å². The molecule has 0 aliphatic carbocycles. The molecule has 8 nitrogen and oxygen atoms in total. The highest BCUT2D eigenvalue weighted by molar-refractivity contribution is 8.00. The van der Waals surface area contributed by atoms with Crippen molar-refractivity contribution in [2.24, 2.45) is 0 Å². The van der Waals surface area contributed by atoms with Crippen molar-refractivity contribution in [1.82, 2.24) is 25.9 Å². The molecular weight excluding hydrogens is 378 g/mol. The van der Waals surface area contributed by atoms with Crippen molar-refractivity contribution in [3.05, 3.63) is 47.3 Å². The fraction of sp³-hybridized carbons (Fsp3) is 0.368. The number of carbonyl (C=O) groups is 3. The van der Waals surface area contributed by atoms with Crippen LogP contribution in [0.5, 0.6) is 0 Å². The zero-order valence-corrected chi connectivity index (χ0v) is 17.2. The van der Waals surface area contributed by atoms with E-state index in [1.807, 2.05) is 33.8 Å². The molecule has 0 spiro atoms. The second-order valence-electron chi connectivity index (χ2n) is 6.59. The molecule has 0 aliphatic rings. The van der Waals surface area contributed by atoms with E-state index in [1.54, 1.807) is 28.9 Å². The molecule has 1 heterocycles. The van der Waals surface area contributed by atoms with Crippen molar-refractivity contribution >= 4 is 29.5 Å². The standard InChI is InChI=1S/C19H25N5O3S/c1-12(2)20-18(26)11-28-16-8-6-5-7-15(16)19(27)22-21-17(25)10-24-14(4)9-13(3)23-24/h5-9,12H,10-11H2,1-4H3,(H,20,26)(H,21,25)(H,22,27). The van der Waals surface area contributed by atoms with Crippen LogP contribution in [0.1, 0.15) is 35.6 Å². The molecule has 3 amide bonds. The number of nitrogens with one attached hydrogen (secondary N) is 3. The molecule has 150 valence electrons. The number of hydrogen-bond donors (Lipinski definition) is 3. The van der Waals surface area contributed by atoms with E-state index in [0.717, 1.165) is 11.4 Å². The zero-order valence-electron chi connectivity index (χ0n) is 16.4. The van der Waals surface area contributed by atoms with Crippen LogP contribution in [0.15, 0.2) is 35.2 Å². The number of hydrazine groups is 1. The topological polar surface area (TPSA) is 105 Å². The first kappa shape index (κ1) is 21.5. The van der Waals surface area contributed by atoms with Gasteiger partial charge in [-0.3, -0.25) is 29.9 Å². The zero-order chi connectivity index (χ0) is 20.7. The molecule has 2 rings (SSSR count). The van der Waals surface area contributed by atoms with Crippen LogP contribution in [0, 0.1) is 13.8 Å². The number of benzene rings is 1. The van der Waals surface area contributed by atoms with Crippen LogP contribution in [0.25, 0.3) is 0 Å². The molecular formula is C19H25N5O3S. The molecule has 0 unspecified atom stereocenters. The summed E-state index contributed by atoms with van der Waals surface area (Å²) in [6.45, 7) is 7.48. The first-order valence-corrected chi connectivity index (χ1v) is 9.86. The number of aryl methyl sites for hydroxylation is 2. The van der Waals surface area contributed by atoms with Crippen LogP contribution < -0.4 is 16.2 Å². The van der Waals surface area contributed by atoms with Crippen LogP contribution in [0.2, 0.25) is 0 Å². The average Bonchev–Trinajstić information content (AvgIpc) is 2.94. The van der Waals surface area contributed by atoms with Crippen molar-refractivity contribution in [3.63, 3.8) is 0 Å². The summed E-state index contributed by atoms with van der Waals surface area (Å²) in [5.74, 6) is -0.740.